The van der Waals surface area contributed by atoms with Crippen LogP contribution in [0.2, 0.25) is 0 Å². The van der Waals surface area contributed by atoms with Gasteiger partial charge in [-0.3, -0.25) is 4.79 Å². The number of rotatable bonds is 3. The third-order valence-electron chi connectivity index (χ3n) is 4.46. The Morgan fingerprint density at radius 3 is 2.81 bits per heavy atom. The van der Waals surface area contributed by atoms with E-state index in [2.05, 4.69) is 9.47 Å². The van der Waals surface area contributed by atoms with Gasteiger partial charge in [0, 0.05) is 41.7 Å². The molecule has 1 heterocycles. The Morgan fingerprint density at radius 1 is 1.38 bits per heavy atom. The molecule has 1 aromatic carbocycles. The Bertz CT molecular complexity index is 700. The summed E-state index contributed by atoms with van der Waals surface area (Å²) >= 11 is 0. The highest BCUT2D eigenvalue weighted by atomic mass is 16.5. The van der Waals surface area contributed by atoms with Crippen molar-refractivity contribution in [1.82, 2.24) is 9.47 Å². The van der Waals surface area contributed by atoms with E-state index in [1.54, 1.807) is 7.11 Å². The molecule has 0 fully saturated rings. The lowest BCUT2D eigenvalue weighted by Crippen LogP contribution is -2.32. The highest BCUT2D eigenvalue weighted by Gasteiger charge is 2.32. The van der Waals surface area contributed by atoms with Gasteiger partial charge >= 0.3 is 0 Å². The summed E-state index contributed by atoms with van der Waals surface area (Å²) in [5.41, 5.74) is 3.18. The van der Waals surface area contributed by atoms with Gasteiger partial charge in [0.25, 0.3) is 0 Å². The summed E-state index contributed by atoms with van der Waals surface area (Å²) in [5, 5.41) is 1.03. The number of carbonyl (C=O) groups excluding carboxylic acids is 1. The molecule has 0 spiro atoms. The smallest absolute Gasteiger partial charge is 0.169 e. The van der Waals surface area contributed by atoms with Crippen molar-refractivity contribution in [2.75, 3.05) is 27.7 Å². The molecule has 21 heavy (non-hydrogen) atoms. The number of ether oxygens (including phenoxy) is 1. The number of hydrogen-bond acceptors (Lipinski definition) is 3. The minimum Gasteiger partial charge on any atom is -0.497 e. The Kier molecular flexibility index (Phi) is 3.49. The zero-order valence-corrected chi connectivity index (χ0v) is 13.1. The summed E-state index contributed by atoms with van der Waals surface area (Å²) in [4.78, 5) is 15.0. The molecule has 2 aromatic rings. The molecule has 0 bridgehead atoms. The van der Waals surface area contributed by atoms with Crippen molar-refractivity contribution >= 4 is 16.7 Å². The molecule has 1 aromatic heterocycles. The molecule has 0 N–H and O–H groups in total. The fourth-order valence-electron chi connectivity index (χ4n) is 3.43. The SMILES string of the molecule is COc1ccc2c(c1)c1c(n2C)CCC(CN(C)C)C1=O. The van der Waals surface area contributed by atoms with Crippen molar-refractivity contribution < 1.29 is 9.53 Å². The molecule has 0 amide bonds. The van der Waals surface area contributed by atoms with Gasteiger partial charge in [0.1, 0.15) is 5.75 Å². The predicted octanol–water partition coefficient (Wildman–Crippen LogP) is 2.49. The summed E-state index contributed by atoms with van der Waals surface area (Å²) in [6.07, 6.45) is 1.90. The molecular weight excluding hydrogens is 264 g/mol. The second kappa shape index (κ2) is 5.19. The maximum atomic E-state index is 12.9. The van der Waals surface area contributed by atoms with Crippen LogP contribution in [-0.4, -0.2) is 43.0 Å². The summed E-state index contributed by atoms with van der Waals surface area (Å²) in [6, 6.07) is 5.99. The van der Waals surface area contributed by atoms with E-state index < -0.39 is 0 Å². The Balaban J connectivity index is 2.14. The molecule has 0 aliphatic heterocycles. The van der Waals surface area contributed by atoms with Crippen molar-refractivity contribution in [3.05, 3.63) is 29.5 Å². The van der Waals surface area contributed by atoms with Crippen LogP contribution in [0.15, 0.2) is 18.2 Å². The minimum absolute atomic E-state index is 0.101. The first-order valence-corrected chi connectivity index (χ1v) is 7.37. The second-order valence-corrected chi connectivity index (χ2v) is 6.13. The maximum Gasteiger partial charge on any atom is 0.169 e. The second-order valence-electron chi connectivity index (χ2n) is 6.13. The van der Waals surface area contributed by atoms with E-state index in [4.69, 9.17) is 4.74 Å². The Hall–Kier alpha value is -1.81. The summed E-state index contributed by atoms with van der Waals surface area (Å²) < 4.78 is 7.48. The third kappa shape index (κ3) is 2.23. The molecule has 0 saturated carbocycles. The van der Waals surface area contributed by atoms with Crippen LogP contribution in [0.3, 0.4) is 0 Å². The normalized spacial score (nSPS) is 18.3. The molecule has 4 nitrogen and oxygen atoms in total. The Labute approximate surface area is 125 Å². The van der Waals surface area contributed by atoms with Gasteiger partial charge in [-0.2, -0.15) is 0 Å². The van der Waals surface area contributed by atoms with Crippen LogP contribution in [0, 0.1) is 5.92 Å². The van der Waals surface area contributed by atoms with Crippen molar-refractivity contribution in [3.63, 3.8) is 0 Å². The van der Waals surface area contributed by atoms with Gasteiger partial charge in [0.15, 0.2) is 5.78 Å². The minimum atomic E-state index is 0.101. The number of ketones is 1. The Morgan fingerprint density at radius 2 is 2.14 bits per heavy atom. The van der Waals surface area contributed by atoms with E-state index in [0.29, 0.717) is 0 Å². The van der Waals surface area contributed by atoms with Crippen LogP contribution in [0.4, 0.5) is 0 Å². The number of benzene rings is 1. The standard InChI is InChI=1S/C17H22N2O2/c1-18(2)10-11-5-7-15-16(17(11)20)13-9-12(21-4)6-8-14(13)19(15)3/h6,8-9,11H,5,7,10H2,1-4H3. The van der Waals surface area contributed by atoms with Crippen LogP contribution >= 0.6 is 0 Å². The van der Waals surface area contributed by atoms with E-state index in [1.165, 1.54) is 5.69 Å². The van der Waals surface area contributed by atoms with Crippen molar-refractivity contribution in [2.45, 2.75) is 12.8 Å². The first kappa shape index (κ1) is 14.1. The van der Waals surface area contributed by atoms with Gasteiger partial charge in [0.05, 0.1) is 7.11 Å². The lowest BCUT2D eigenvalue weighted by atomic mass is 9.84. The van der Waals surface area contributed by atoms with Crippen LogP contribution in [0.5, 0.6) is 5.75 Å². The zero-order chi connectivity index (χ0) is 15.1. The van der Waals surface area contributed by atoms with Crippen molar-refractivity contribution in [2.24, 2.45) is 13.0 Å². The highest BCUT2D eigenvalue weighted by Crippen LogP contribution is 2.35. The van der Waals surface area contributed by atoms with E-state index in [9.17, 15) is 4.79 Å². The predicted molar refractivity (Wildman–Crippen MR) is 84.2 cm³/mol. The van der Waals surface area contributed by atoms with Crippen LogP contribution in [0.25, 0.3) is 10.9 Å². The van der Waals surface area contributed by atoms with Gasteiger partial charge in [0.2, 0.25) is 0 Å². The zero-order valence-electron chi connectivity index (χ0n) is 13.1. The number of fused-ring (bicyclic) bond motifs is 3. The molecule has 0 radical (unpaired) electrons. The van der Waals surface area contributed by atoms with E-state index in [0.717, 1.165) is 41.6 Å². The van der Waals surface area contributed by atoms with Crippen LogP contribution in [-0.2, 0) is 13.5 Å². The number of nitrogens with zero attached hydrogens (tertiary/aromatic N) is 2. The molecule has 1 unspecified atom stereocenters. The van der Waals surface area contributed by atoms with E-state index in [-0.39, 0.29) is 11.7 Å². The van der Waals surface area contributed by atoms with Crippen molar-refractivity contribution in [3.8, 4) is 5.75 Å². The van der Waals surface area contributed by atoms with E-state index >= 15 is 0 Å². The van der Waals surface area contributed by atoms with Gasteiger partial charge in [-0.05, 0) is 45.1 Å². The average Bonchev–Trinajstić information content (AvgIpc) is 2.75. The fourth-order valence-corrected chi connectivity index (χ4v) is 3.43. The average molecular weight is 286 g/mol. The first-order chi connectivity index (χ1) is 10.0. The molecule has 3 rings (SSSR count). The molecule has 1 aliphatic rings. The number of methoxy groups -OCH3 is 1. The lowest BCUT2D eigenvalue weighted by molar-refractivity contribution is 0.0878. The quantitative estimate of drug-likeness (QED) is 0.869. The van der Waals surface area contributed by atoms with Gasteiger partial charge in [-0.25, -0.2) is 0 Å². The molecule has 4 heteroatoms. The monoisotopic (exact) mass is 286 g/mol. The van der Waals surface area contributed by atoms with Crippen LogP contribution < -0.4 is 4.74 Å². The van der Waals surface area contributed by atoms with Gasteiger partial charge in [-0.1, -0.05) is 0 Å². The van der Waals surface area contributed by atoms with Crippen LogP contribution in [0.1, 0.15) is 22.5 Å². The largest absolute Gasteiger partial charge is 0.497 e. The third-order valence-corrected chi connectivity index (χ3v) is 4.46. The summed E-state index contributed by atoms with van der Waals surface area (Å²) in [7, 11) is 7.75. The number of hydrogen-bond donors (Lipinski definition) is 0. The summed E-state index contributed by atoms with van der Waals surface area (Å²) in [5.74, 6) is 1.19. The summed E-state index contributed by atoms with van der Waals surface area (Å²) in [6.45, 7) is 0.818. The van der Waals surface area contributed by atoms with Gasteiger partial charge in [-0.15, -0.1) is 0 Å². The fraction of sp³-hybridized carbons (Fsp3) is 0.471. The number of aromatic nitrogens is 1. The number of Topliss-reactive ketones (excluding diaryl/α,β-unsaturated/α-hetero) is 1. The topological polar surface area (TPSA) is 34.5 Å². The molecular formula is C17H22N2O2. The molecule has 1 aliphatic carbocycles. The maximum absolute atomic E-state index is 12.9. The van der Waals surface area contributed by atoms with E-state index in [1.807, 2.05) is 39.3 Å². The van der Waals surface area contributed by atoms with Crippen molar-refractivity contribution in [1.29, 1.82) is 0 Å². The number of aryl methyl sites for hydroxylation is 1. The molecule has 1 atom stereocenters. The van der Waals surface area contributed by atoms with Gasteiger partial charge < -0.3 is 14.2 Å². The number of carbonyl (C=O) groups is 1. The molecule has 0 saturated heterocycles. The molecule has 112 valence electrons. The first-order valence-electron chi connectivity index (χ1n) is 7.37. The lowest BCUT2D eigenvalue weighted by Gasteiger charge is -2.24. The highest BCUT2D eigenvalue weighted by molar-refractivity contribution is 6.11.